The average Bonchev–Trinajstić information content (AvgIpc) is 2.58. The van der Waals surface area contributed by atoms with Crippen molar-refractivity contribution < 1.29 is 4.79 Å². The Morgan fingerprint density at radius 2 is 2.19 bits per heavy atom. The Labute approximate surface area is 96.8 Å². The van der Waals surface area contributed by atoms with Crippen molar-refractivity contribution in [1.29, 1.82) is 0 Å². The monoisotopic (exact) mass is 223 g/mol. The first-order valence-electron chi connectivity index (χ1n) is 5.46. The molecule has 0 unspecified atom stereocenters. The van der Waals surface area contributed by atoms with Gasteiger partial charge in [0.15, 0.2) is 0 Å². The molecule has 1 atom stereocenters. The number of nitrogens with zero attached hydrogens (tertiary/aromatic N) is 1. The van der Waals surface area contributed by atoms with E-state index in [-0.39, 0.29) is 11.3 Å². The van der Waals surface area contributed by atoms with Crippen LogP contribution in [0.1, 0.15) is 26.5 Å². The zero-order valence-corrected chi connectivity index (χ0v) is 10.4. The van der Waals surface area contributed by atoms with Gasteiger partial charge in [-0.2, -0.15) is 0 Å². The number of nitrogens with one attached hydrogen (secondary N) is 1. The maximum atomic E-state index is 11.8. The fourth-order valence-corrected chi connectivity index (χ4v) is 1.36. The number of carbonyl (C=O) groups excluding carboxylic acids is 1. The van der Waals surface area contributed by atoms with Gasteiger partial charge in [-0.15, -0.1) is 0 Å². The molecule has 4 nitrogen and oxygen atoms in total. The highest BCUT2D eigenvalue weighted by Crippen LogP contribution is 2.17. The minimum atomic E-state index is -0.479. The molecule has 0 radical (unpaired) electrons. The summed E-state index contributed by atoms with van der Waals surface area (Å²) in [6.07, 6.45) is 1.95. The standard InChI is InChI=1S/C12H21N3O/c1-12(2,3)10(13)11(16)14-8-9-6-5-7-15(9)4/h5-7,10H,8,13H2,1-4H3,(H,14,16)/t10-/m0/s1. The van der Waals surface area contributed by atoms with Crippen molar-refractivity contribution in [3.63, 3.8) is 0 Å². The smallest absolute Gasteiger partial charge is 0.237 e. The molecule has 1 heterocycles. The summed E-state index contributed by atoms with van der Waals surface area (Å²) in [5.41, 5.74) is 6.71. The summed E-state index contributed by atoms with van der Waals surface area (Å²) in [5.74, 6) is -0.103. The molecule has 4 heteroatoms. The SMILES string of the molecule is Cn1cccc1CNC(=O)[C@H](N)C(C)(C)C. The number of rotatable bonds is 3. The fourth-order valence-electron chi connectivity index (χ4n) is 1.36. The van der Waals surface area contributed by atoms with Gasteiger partial charge in [-0.05, 0) is 17.5 Å². The van der Waals surface area contributed by atoms with Gasteiger partial charge in [0.25, 0.3) is 0 Å². The first-order chi connectivity index (χ1) is 7.32. The van der Waals surface area contributed by atoms with Gasteiger partial charge in [0.1, 0.15) is 0 Å². The molecule has 0 saturated carbocycles. The summed E-state index contributed by atoms with van der Waals surface area (Å²) in [6.45, 7) is 6.39. The van der Waals surface area contributed by atoms with Crippen molar-refractivity contribution in [3.05, 3.63) is 24.0 Å². The van der Waals surface area contributed by atoms with E-state index < -0.39 is 6.04 Å². The molecule has 1 aromatic heterocycles. The molecule has 0 aliphatic carbocycles. The van der Waals surface area contributed by atoms with E-state index in [1.54, 1.807) is 0 Å². The Kier molecular flexibility index (Phi) is 3.75. The van der Waals surface area contributed by atoms with Gasteiger partial charge in [-0.25, -0.2) is 0 Å². The third-order valence-corrected chi connectivity index (χ3v) is 2.71. The molecule has 0 bridgehead atoms. The van der Waals surface area contributed by atoms with E-state index in [1.807, 2.05) is 50.7 Å². The van der Waals surface area contributed by atoms with Crippen LogP contribution < -0.4 is 11.1 Å². The summed E-state index contributed by atoms with van der Waals surface area (Å²) in [5, 5.41) is 2.85. The Hall–Kier alpha value is -1.29. The van der Waals surface area contributed by atoms with Crippen molar-refractivity contribution >= 4 is 5.91 Å². The Balaban J connectivity index is 2.51. The number of hydrogen-bond donors (Lipinski definition) is 2. The van der Waals surface area contributed by atoms with Crippen molar-refractivity contribution in [2.24, 2.45) is 18.2 Å². The molecular weight excluding hydrogens is 202 g/mol. The molecule has 0 aliphatic heterocycles. The third kappa shape index (κ3) is 3.10. The van der Waals surface area contributed by atoms with Gasteiger partial charge >= 0.3 is 0 Å². The van der Waals surface area contributed by atoms with Crippen LogP contribution >= 0.6 is 0 Å². The van der Waals surface area contributed by atoms with Crippen LogP contribution in [0.2, 0.25) is 0 Å². The largest absolute Gasteiger partial charge is 0.353 e. The lowest BCUT2D eigenvalue weighted by atomic mass is 9.87. The van der Waals surface area contributed by atoms with E-state index in [0.717, 1.165) is 5.69 Å². The summed E-state index contributed by atoms with van der Waals surface area (Å²) < 4.78 is 1.98. The van der Waals surface area contributed by atoms with Crippen LogP contribution in [0.3, 0.4) is 0 Å². The van der Waals surface area contributed by atoms with Crippen LogP contribution in [0, 0.1) is 5.41 Å². The minimum absolute atomic E-state index is 0.103. The van der Waals surface area contributed by atoms with Crippen molar-refractivity contribution in [2.75, 3.05) is 0 Å². The van der Waals surface area contributed by atoms with Crippen LogP contribution in [-0.4, -0.2) is 16.5 Å². The van der Waals surface area contributed by atoms with Crippen molar-refractivity contribution in [1.82, 2.24) is 9.88 Å². The van der Waals surface area contributed by atoms with Gasteiger partial charge in [-0.3, -0.25) is 4.79 Å². The predicted molar refractivity (Wildman–Crippen MR) is 64.7 cm³/mol. The van der Waals surface area contributed by atoms with E-state index >= 15 is 0 Å². The molecule has 16 heavy (non-hydrogen) atoms. The molecule has 0 aromatic carbocycles. The van der Waals surface area contributed by atoms with E-state index in [4.69, 9.17) is 5.73 Å². The van der Waals surface area contributed by atoms with Gasteiger partial charge in [0.2, 0.25) is 5.91 Å². The molecule has 1 rings (SSSR count). The fraction of sp³-hybridized carbons (Fsp3) is 0.583. The maximum absolute atomic E-state index is 11.8. The zero-order chi connectivity index (χ0) is 12.3. The molecule has 0 spiro atoms. The predicted octanol–water partition coefficient (Wildman–Crippen LogP) is 1.01. The Morgan fingerprint density at radius 3 is 2.62 bits per heavy atom. The van der Waals surface area contributed by atoms with Gasteiger partial charge in [0.05, 0.1) is 12.6 Å². The van der Waals surface area contributed by atoms with E-state index in [1.165, 1.54) is 0 Å². The van der Waals surface area contributed by atoms with Crippen LogP contribution in [-0.2, 0) is 18.4 Å². The van der Waals surface area contributed by atoms with Crippen molar-refractivity contribution in [2.45, 2.75) is 33.4 Å². The third-order valence-electron chi connectivity index (χ3n) is 2.71. The van der Waals surface area contributed by atoms with E-state index in [9.17, 15) is 4.79 Å². The second-order valence-electron chi connectivity index (χ2n) is 5.17. The van der Waals surface area contributed by atoms with Crippen LogP contribution in [0.4, 0.5) is 0 Å². The lowest BCUT2D eigenvalue weighted by Gasteiger charge is -2.25. The number of aryl methyl sites for hydroxylation is 1. The Morgan fingerprint density at radius 1 is 1.56 bits per heavy atom. The molecular formula is C12H21N3O. The highest BCUT2D eigenvalue weighted by molar-refractivity contribution is 5.82. The number of hydrogen-bond acceptors (Lipinski definition) is 2. The number of amides is 1. The summed E-state index contributed by atoms with van der Waals surface area (Å²) in [7, 11) is 1.95. The molecule has 1 aromatic rings. The molecule has 90 valence electrons. The quantitative estimate of drug-likeness (QED) is 0.803. The highest BCUT2D eigenvalue weighted by Gasteiger charge is 2.27. The molecule has 0 saturated heterocycles. The number of nitrogens with two attached hydrogens (primary N) is 1. The first kappa shape index (κ1) is 12.8. The average molecular weight is 223 g/mol. The summed E-state index contributed by atoms with van der Waals surface area (Å²) >= 11 is 0. The minimum Gasteiger partial charge on any atom is -0.353 e. The maximum Gasteiger partial charge on any atom is 0.237 e. The van der Waals surface area contributed by atoms with Crippen LogP contribution in [0.5, 0.6) is 0 Å². The van der Waals surface area contributed by atoms with Crippen molar-refractivity contribution in [3.8, 4) is 0 Å². The number of carbonyl (C=O) groups is 1. The van der Waals surface area contributed by atoms with Gasteiger partial charge in [0, 0.05) is 18.9 Å². The normalized spacial score (nSPS) is 13.6. The second-order valence-corrected chi connectivity index (χ2v) is 5.17. The zero-order valence-electron chi connectivity index (χ0n) is 10.4. The van der Waals surface area contributed by atoms with E-state index in [2.05, 4.69) is 5.32 Å². The van der Waals surface area contributed by atoms with Crippen LogP contribution in [0.15, 0.2) is 18.3 Å². The summed E-state index contributed by atoms with van der Waals surface area (Å²) in [4.78, 5) is 11.8. The second kappa shape index (κ2) is 4.70. The Bertz CT molecular complexity index is 363. The number of aromatic nitrogens is 1. The molecule has 1 amide bonds. The van der Waals surface area contributed by atoms with Crippen LogP contribution in [0.25, 0.3) is 0 Å². The highest BCUT2D eigenvalue weighted by atomic mass is 16.2. The molecule has 0 aliphatic rings. The lowest BCUT2D eigenvalue weighted by molar-refractivity contribution is -0.124. The summed E-state index contributed by atoms with van der Waals surface area (Å²) in [6, 6.07) is 3.45. The molecule has 3 N–H and O–H groups in total. The van der Waals surface area contributed by atoms with Gasteiger partial charge in [-0.1, -0.05) is 20.8 Å². The topological polar surface area (TPSA) is 60.0 Å². The van der Waals surface area contributed by atoms with Gasteiger partial charge < -0.3 is 15.6 Å². The van der Waals surface area contributed by atoms with E-state index in [0.29, 0.717) is 6.54 Å². The first-order valence-corrected chi connectivity index (χ1v) is 5.46. The lowest BCUT2D eigenvalue weighted by Crippen LogP contribution is -2.48. The molecule has 0 fully saturated rings.